The molecule has 0 saturated heterocycles. The number of rotatable bonds is 5. The summed E-state index contributed by atoms with van der Waals surface area (Å²) in [4.78, 5) is 43.0. The number of nitrogens with one attached hydrogen (secondary N) is 1. The Hall–Kier alpha value is -3.00. The number of carboxylic acids is 1. The predicted octanol–water partition coefficient (Wildman–Crippen LogP) is 3.40. The fraction of sp³-hybridized carbons (Fsp3) is 0.300. The zero-order valence-electron chi connectivity index (χ0n) is 16.1. The van der Waals surface area contributed by atoms with Crippen LogP contribution in [0.15, 0.2) is 35.1 Å². The van der Waals surface area contributed by atoms with Gasteiger partial charge in [-0.25, -0.2) is 9.78 Å². The van der Waals surface area contributed by atoms with Gasteiger partial charge in [0.1, 0.15) is 16.2 Å². The number of benzene rings is 1. The lowest BCUT2D eigenvalue weighted by atomic mass is 10.0. The third-order valence-electron chi connectivity index (χ3n) is 4.67. The van der Waals surface area contributed by atoms with E-state index in [-0.39, 0.29) is 11.3 Å². The van der Waals surface area contributed by atoms with Crippen LogP contribution in [0, 0.1) is 6.92 Å². The van der Waals surface area contributed by atoms with Crippen molar-refractivity contribution in [1.82, 2.24) is 9.55 Å². The lowest BCUT2D eigenvalue weighted by molar-refractivity contribution is -0.146. The van der Waals surface area contributed by atoms with Crippen LogP contribution in [-0.4, -0.2) is 26.5 Å². The number of carbonyl (C=O) groups excluding carboxylic acids is 1. The van der Waals surface area contributed by atoms with Crippen LogP contribution in [-0.2, 0) is 16.8 Å². The maximum Gasteiger partial charge on any atom is 0.329 e. The second kappa shape index (κ2) is 7.20. The summed E-state index contributed by atoms with van der Waals surface area (Å²) in [6, 6.07) is 9.03. The van der Waals surface area contributed by atoms with Gasteiger partial charge < -0.3 is 10.4 Å². The van der Waals surface area contributed by atoms with E-state index >= 15 is 0 Å². The van der Waals surface area contributed by atoms with Crippen molar-refractivity contribution in [2.75, 3.05) is 5.32 Å². The van der Waals surface area contributed by atoms with E-state index in [2.05, 4.69) is 10.3 Å². The minimum atomic E-state index is -1.45. The van der Waals surface area contributed by atoms with Gasteiger partial charge in [-0.1, -0.05) is 25.1 Å². The molecule has 0 saturated carbocycles. The molecule has 28 heavy (non-hydrogen) atoms. The summed E-state index contributed by atoms with van der Waals surface area (Å²) in [5, 5.41) is 12.7. The third-order valence-corrected chi connectivity index (χ3v) is 5.85. The van der Waals surface area contributed by atoms with Crippen LogP contribution in [0.1, 0.15) is 41.8 Å². The Labute approximate surface area is 165 Å². The van der Waals surface area contributed by atoms with Gasteiger partial charge >= 0.3 is 5.97 Å². The zero-order chi connectivity index (χ0) is 20.6. The lowest BCUT2D eigenvalue weighted by Crippen LogP contribution is -2.44. The van der Waals surface area contributed by atoms with Crippen LogP contribution < -0.4 is 10.9 Å². The quantitative estimate of drug-likeness (QED) is 0.685. The van der Waals surface area contributed by atoms with Crippen molar-refractivity contribution >= 4 is 39.1 Å². The van der Waals surface area contributed by atoms with E-state index < -0.39 is 17.1 Å². The van der Waals surface area contributed by atoms with E-state index in [1.165, 1.54) is 18.4 Å². The molecule has 1 aromatic carbocycles. The first-order valence-electron chi connectivity index (χ1n) is 8.83. The highest BCUT2D eigenvalue weighted by molar-refractivity contribution is 7.20. The van der Waals surface area contributed by atoms with E-state index in [0.717, 1.165) is 11.3 Å². The van der Waals surface area contributed by atoms with Crippen LogP contribution in [0.3, 0.4) is 0 Å². The first-order chi connectivity index (χ1) is 13.2. The molecule has 2 N–H and O–H groups in total. The lowest BCUT2D eigenvalue weighted by Gasteiger charge is -2.25. The van der Waals surface area contributed by atoms with Crippen molar-refractivity contribution in [2.45, 2.75) is 39.7 Å². The van der Waals surface area contributed by atoms with Gasteiger partial charge in [-0.15, -0.1) is 11.3 Å². The fourth-order valence-corrected chi connectivity index (χ4v) is 4.15. The molecule has 0 unspecified atom stereocenters. The van der Waals surface area contributed by atoms with Crippen LogP contribution >= 0.6 is 11.3 Å². The Morgan fingerprint density at radius 3 is 2.46 bits per heavy atom. The number of nitrogens with zero attached hydrogens (tertiary/aromatic N) is 2. The number of carboxylic acid groups (broad SMARTS) is 1. The first-order valence-corrected chi connectivity index (χ1v) is 9.65. The summed E-state index contributed by atoms with van der Waals surface area (Å²) >= 11 is 1.14. The Bertz CT molecular complexity index is 1130. The molecular formula is C20H21N3O4S. The maximum atomic E-state index is 13.2. The highest BCUT2D eigenvalue weighted by Gasteiger charge is 2.34. The monoisotopic (exact) mass is 399 g/mol. The highest BCUT2D eigenvalue weighted by Crippen LogP contribution is 2.29. The van der Waals surface area contributed by atoms with E-state index in [4.69, 9.17) is 0 Å². The van der Waals surface area contributed by atoms with E-state index in [1.807, 2.05) is 25.1 Å². The molecule has 0 spiro atoms. The first kappa shape index (κ1) is 19.8. The number of thiophene rings is 1. The van der Waals surface area contributed by atoms with Gasteiger partial charge in [-0.3, -0.25) is 14.2 Å². The summed E-state index contributed by atoms with van der Waals surface area (Å²) in [5.41, 5.74) is -0.744. The van der Waals surface area contributed by atoms with Crippen molar-refractivity contribution < 1.29 is 14.7 Å². The number of amides is 1. The summed E-state index contributed by atoms with van der Waals surface area (Å²) in [6.07, 6.45) is 0.393. The molecule has 0 aliphatic heterocycles. The molecule has 146 valence electrons. The molecule has 0 radical (unpaired) electrons. The normalized spacial score (nSPS) is 11.6. The van der Waals surface area contributed by atoms with E-state index in [9.17, 15) is 19.5 Å². The van der Waals surface area contributed by atoms with Gasteiger partial charge in [0.25, 0.3) is 11.5 Å². The summed E-state index contributed by atoms with van der Waals surface area (Å²) in [5.74, 6) is -1.07. The smallest absolute Gasteiger partial charge is 0.329 e. The van der Waals surface area contributed by atoms with Gasteiger partial charge in [-0.05, 0) is 38.5 Å². The molecular weight excluding hydrogens is 378 g/mol. The van der Waals surface area contributed by atoms with Crippen LogP contribution in [0.5, 0.6) is 0 Å². The molecule has 1 amide bonds. The molecule has 0 aliphatic rings. The molecule has 2 heterocycles. The summed E-state index contributed by atoms with van der Waals surface area (Å²) in [7, 11) is 0. The number of aryl methyl sites for hydroxylation is 2. The van der Waals surface area contributed by atoms with E-state index in [0.29, 0.717) is 33.2 Å². The molecule has 2 aromatic heterocycles. The maximum absolute atomic E-state index is 13.2. The minimum absolute atomic E-state index is 0.287. The molecule has 0 bridgehead atoms. The minimum Gasteiger partial charge on any atom is -0.480 e. The average molecular weight is 399 g/mol. The van der Waals surface area contributed by atoms with Crippen LogP contribution in [0.4, 0.5) is 5.69 Å². The number of hydrogen-bond donors (Lipinski definition) is 2. The highest BCUT2D eigenvalue weighted by atomic mass is 32.1. The molecule has 7 nitrogen and oxygen atoms in total. The second-order valence-electron chi connectivity index (χ2n) is 6.94. The number of para-hydroxylation sites is 1. The van der Waals surface area contributed by atoms with Crippen LogP contribution in [0.25, 0.3) is 10.2 Å². The van der Waals surface area contributed by atoms with Gasteiger partial charge in [0, 0.05) is 12.1 Å². The number of carbonyl (C=O) groups is 2. The Morgan fingerprint density at radius 2 is 1.89 bits per heavy atom. The van der Waals surface area contributed by atoms with Crippen molar-refractivity contribution in [3.63, 3.8) is 0 Å². The molecule has 8 heteroatoms. The second-order valence-corrected chi connectivity index (χ2v) is 7.94. The zero-order valence-corrected chi connectivity index (χ0v) is 16.9. The molecule has 0 aliphatic carbocycles. The van der Waals surface area contributed by atoms with Crippen molar-refractivity contribution in [2.24, 2.45) is 0 Å². The number of fused-ring (bicyclic) bond motifs is 1. The molecule has 0 fully saturated rings. The van der Waals surface area contributed by atoms with Crippen molar-refractivity contribution in [3.8, 4) is 0 Å². The largest absolute Gasteiger partial charge is 0.480 e. The Morgan fingerprint density at radius 1 is 1.25 bits per heavy atom. The Balaban J connectivity index is 2.19. The van der Waals surface area contributed by atoms with Gasteiger partial charge in [0.2, 0.25) is 0 Å². The van der Waals surface area contributed by atoms with Crippen LogP contribution in [0.2, 0.25) is 0 Å². The average Bonchev–Trinajstić information content (AvgIpc) is 2.98. The molecule has 0 atom stereocenters. The predicted molar refractivity (Wildman–Crippen MR) is 109 cm³/mol. The standard InChI is InChI=1S/C20H21N3O4S/c1-5-13-22-17-14(18(25)23(13)20(3,4)19(26)27)11(2)15(28-17)16(24)21-12-9-7-6-8-10-12/h6-10H,5H2,1-4H3,(H,21,24)(H,26,27). The molecule has 3 aromatic rings. The fourth-order valence-electron chi connectivity index (χ4n) is 3.06. The van der Waals surface area contributed by atoms with Gasteiger partial charge in [0.15, 0.2) is 0 Å². The van der Waals surface area contributed by atoms with Gasteiger partial charge in [0.05, 0.1) is 10.3 Å². The molecule has 3 rings (SSSR count). The topological polar surface area (TPSA) is 101 Å². The van der Waals surface area contributed by atoms with Gasteiger partial charge in [-0.2, -0.15) is 0 Å². The van der Waals surface area contributed by atoms with E-state index in [1.54, 1.807) is 19.1 Å². The SMILES string of the molecule is CCc1nc2sc(C(=O)Nc3ccccc3)c(C)c2c(=O)n1C(C)(C)C(=O)O. The Kier molecular flexibility index (Phi) is 5.08. The number of anilines is 1. The van der Waals surface area contributed by atoms with Crippen molar-refractivity contribution in [1.29, 1.82) is 0 Å². The summed E-state index contributed by atoms with van der Waals surface area (Å²) < 4.78 is 1.22. The number of aliphatic carboxylic acids is 1. The van der Waals surface area contributed by atoms with Crippen molar-refractivity contribution in [3.05, 3.63) is 57.0 Å². The number of hydrogen-bond acceptors (Lipinski definition) is 5. The number of aromatic nitrogens is 2. The third kappa shape index (κ3) is 3.20. The summed E-state index contributed by atoms with van der Waals surface area (Å²) in [6.45, 7) is 6.43.